The van der Waals surface area contributed by atoms with E-state index >= 15 is 0 Å². The van der Waals surface area contributed by atoms with Crippen molar-refractivity contribution in [1.29, 1.82) is 0 Å². The summed E-state index contributed by atoms with van der Waals surface area (Å²) in [7, 11) is -8.31. The summed E-state index contributed by atoms with van der Waals surface area (Å²) < 4.78 is 21.9. The largest absolute Gasteiger partial charge is 0.353 e. The number of hydrogen-bond acceptors (Lipinski definition) is 17. The number of hydrogen-bond donors (Lipinski definition) is 15. The molecule has 27 heteroatoms. The molecule has 16 N–H and O–H groups in total. The third kappa shape index (κ3) is 28.1. The van der Waals surface area contributed by atoms with Crippen LogP contribution in [0.2, 0.25) is 0 Å². The van der Waals surface area contributed by atoms with Crippen molar-refractivity contribution in [1.82, 2.24) is 52.2 Å². The summed E-state index contributed by atoms with van der Waals surface area (Å²) in [4.78, 5) is 79.9. The lowest BCUT2D eigenvalue weighted by Crippen LogP contribution is -2.62. The van der Waals surface area contributed by atoms with Crippen LogP contribution >= 0.6 is 15.2 Å². The predicted molar refractivity (Wildman–Crippen MR) is 311 cm³/mol. The molecular weight excluding hydrogens is 1080 g/mol. The van der Waals surface area contributed by atoms with Gasteiger partial charge in [-0.25, -0.2) is 0 Å². The Balaban J connectivity index is 0.000000979. The van der Waals surface area contributed by atoms with Crippen molar-refractivity contribution in [2.45, 2.75) is 283 Å². The minimum absolute atomic E-state index is 0.00186. The Kier molecular flexibility index (Phi) is 30.3. The third-order valence-corrected chi connectivity index (χ3v) is 16.9. The first-order valence-corrected chi connectivity index (χ1v) is 31.5. The zero-order valence-corrected chi connectivity index (χ0v) is 54.3. The summed E-state index contributed by atoms with van der Waals surface area (Å²) in [5, 5.41) is 63.3. The molecule has 4 aliphatic rings. The summed E-state index contributed by atoms with van der Waals surface area (Å²) in [6, 6.07) is 0.596. The first-order chi connectivity index (χ1) is 35.8. The number of nitrogens with zero attached hydrogens (tertiary/aromatic N) is 4. The quantitative estimate of drug-likeness (QED) is 0.0705. The van der Waals surface area contributed by atoms with Gasteiger partial charge in [0.2, 0.25) is 23.6 Å². The molecular formula is C53H113N11O14P2. The fourth-order valence-corrected chi connectivity index (χ4v) is 13.8. The van der Waals surface area contributed by atoms with Crippen LogP contribution in [0.25, 0.3) is 0 Å². The first-order valence-electron chi connectivity index (χ1n) is 28.1. The van der Waals surface area contributed by atoms with E-state index in [0.717, 1.165) is 51.4 Å². The van der Waals surface area contributed by atoms with Crippen LogP contribution in [0, 0.1) is 0 Å². The lowest BCUT2D eigenvalue weighted by molar-refractivity contribution is -0.246. The van der Waals surface area contributed by atoms with Crippen molar-refractivity contribution < 1.29 is 68.7 Å². The molecule has 4 heterocycles. The Hall–Kier alpha value is -2.26. The standard InChI is InChI=1S/4C11H22N2O2.C9H25N3O6P2/c4*1-8(14)12-9-6-10(2,3)13(15)11(4,5)7-9;10-4-5-11-6-7-12-9(20(16,17)18)3-1-2-8-19(13,14)15/h4*9,15H,6-7H2,1-5H3,(H,12,14);9,11-12H,1-8,10H2,(H2,13,14,15)(H2,16,17,18). The molecule has 0 aromatic rings. The van der Waals surface area contributed by atoms with Crippen LogP contribution in [-0.4, -0.2) is 191 Å². The Bertz CT molecular complexity index is 1760. The van der Waals surface area contributed by atoms with Gasteiger partial charge in [0.1, 0.15) is 5.78 Å². The highest BCUT2D eigenvalue weighted by Gasteiger charge is 2.48. The zero-order chi connectivity index (χ0) is 63.1. The molecule has 4 fully saturated rings. The normalized spacial score (nSPS) is 23.3. The number of hydroxylamine groups is 8. The molecule has 0 spiro atoms. The van der Waals surface area contributed by atoms with Crippen molar-refractivity contribution in [3.63, 3.8) is 0 Å². The maximum absolute atomic E-state index is 11.3. The van der Waals surface area contributed by atoms with Crippen LogP contribution in [-0.2, 0) is 28.3 Å². The number of carbonyl (C=O) groups is 4. The predicted octanol–water partition coefficient (Wildman–Crippen LogP) is 5.11. The molecule has 0 aliphatic carbocycles. The maximum atomic E-state index is 11.3. The minimum atomic E-state index is -4.27. The van der Waals surface area contributed by atoms with Gasteiger partial charge in [0.25, 0.3) is 0 Å². The summed E-state index contributed by atoms with van der Waals surface area (Å²) in [6.07, 6.45) is 6.63. The Morgan fingerprint density at radius 3 is 0.875 bits per heavy atom. The van der Waals surface area contributed by atoms with Gasteiger partial charge in [-0.05, 0) is 175 Å². The van der Waals surface area contributed by atoms with E-state index in [1.807, 2.05) is 111 Å². The van der Waals surface area contributed by atoms with Crippen molar-refractivity contribution in [2.24, 2.45) is 5.73 Å². The molecule has 0 saturated carbocycles. The molecule has 0 radical (unpaired) electrons. The average molecular weight is 1190 g/mol. The summed E-state index contributed by atoms with van der Waals surface area (Å²) in [5.74, 6) is -0.995. The maximum Gasteiger partial charge on any atom is 0.342 e. The SMILES string of the molecule is CC(=O)NC1CC(C)(C)N(O)C(C)(C)C1.CC(=O)NC1CC(C)(C)N(O)C(C)(C)C1.CC(=O)NC1CC(C)(C)N(O)C(C)(C)C1.CC(=O)NC1CC(C)(C)N(O)C(C)(C)C1.NCCNCCNC(CCCCP(=O)(O)O)P(=O)(O)O. The third-order valence-electron chi connectivity index (χ3n) is 14.8. The molecule has 4 aliphatic heterocycles. The van der Waals surface area contributed by atoms with Crippen LogP contribution in [0.4, 0.5) is 0 Å². The van der Waals surface area contributed by atoms with Gasteiger partial charge < -0.3 is 78.0 Å². The van der Waals surface area contributed by atoms with Gasteiger partial charge in [0.05, 0.1) is 0 Å². The van der Waals surface area contributed by atoms with Gasteiger partial charge >= 0.3 is 15.2 Å². The lowest BCUT2D eigenvalue weighted by Gasteiger charge is -2.51. The molecule has 4 amide bonds. The number of carbonyl (C=O) groups excluding carboxylic acids is 4. The van der Waals surface area contributed by atoms with E-state index in [0.29, 0.717) is 32.6 Å². The first kappa shape index (κ1) is 77.7. The molecule has 80 heavy (non-hydrogen) atoms. The second-order valence-electron chi connectivity index (χ2n) is 27.5. The van der Waals surface area contributed by atoms with Crippen LogP contribution < -0.4 is 37.6 Å². The van der Waals surface area contributed by atoms with Crippen LogP contribution in [0.3, 0.4) is 0 Å². The molecule has 4 saturated heterocycles. The number of nitrogens with one attached hydrogen (secondary N) is 6. The second-order valence-corrected chi connectivity index (χ2v) is 31.0. The van der Waals surface area contributed by atoms with E-state index in [9.17, 15) is 58.9 Å². The minimum Gasteiger partial charge on any atom is -0.353 e. The molecule has 0 aromatic heterocycles. The van der Waals surface area contributed by atoms with Gasteiger partial charge in [0.15, 0.2) is 0 Å². The van der Waals surface area contributed by atoms with Crippen LogP contribution in [0.5, 0.6) is 0 Å². The molecule has 0 bridgehead atoms. The Morgan fingerprint density at radius 1 is 0.450 bits per heavy atom. The van der Waals surface area contributed by atoms with Crippen molar-refractivity contribution in [3.8, 4) is 0 Å². The van der Waals surface area contributed by atoms with E-state index in [4.69, 9.17) is 15.5 Å². The van der Waals surface area contributed by atoms with Crippen molar-refractivity contribution in [2.75, 3.05) is 32.3 Å². The highest BCUT2D eigenvalue weighted by atomic mass is 31.2. The van der Waals surface area contributed by atoms with Gasteiger partial charge in [-0.3, -0.25) is 28.3 Å². The fraction of sp³-hybridized carbons (Fsp3) is 0.925. The molecule has 1 unspecified atom stereocenters. The van der Waals surface area contributed by atoms with E-state index in [2.05, 4.69) is 31.9 Å². The molecule has 0 aromatic carbocycles. The molecule has 25 nitrogen and oxygen atoms in total. The van der Waals surface area contributed by atoms with Gasteiger partial charge in [0, 0.05) is 129 Å². The average Bonchev–Trinajstić information content (AvgIpc) is 3.22. The highest BCUT2D eigenvalue weighted by molar-refractivity contribution is 7.52. The van der Waals surface area contributed by atoms with E-state index in [1.165, 1.54) is 47.9 Å². The number of rotatable bonds is 16. The Labute approximate surface area is 479 Å². The highest BCUT2D eigenvalue weighted by Crippen LogP contribution is 2.43. The van der Waals surface area contributed by atoms with E-state index in [1.54, 1.807) is 0 Å². The van der Waals surface area contributed by atoms with Gasteiger partial charge in [-0.1, -0.05) is 6.42 Å². The van der Waals surface area contributed by atoms with Crippen molar-refractivity contribution >= 4 is 38.8 Å². The zero-order valence-electron chi connectivity index (χ0n) is 52.5. The fourth-order valence-electron chi connectivity index (χ4n) is 12.2. The summed E-state index contributed by atoms with van der Waals surface area (Å²) >= 11 is 0. The summed E-state index contributed by atoms with van der Waals surface area (Å²) in [5.41, 5.74) is 2.91. The number of piperidine rings is 4. The van der Waals surface area contributed by atoms with E-state index < -0.39 is 21.0 Å². The number of nitrogens with two attached hydrogens (primary N) is 1. The van der Waals surface area contributed by atoms with E-state index in [-0.39, 0.29) is 111 Å². The monoisotopic (exact) mass is 1190 g/mol. The summed E-state index contributed by atoms with van der Waals surface area (Å²) in [6.45, 7) is 40.0. The molecule has 474 valence electrons. The smallest absolute Gasteiger partial charge is 0.342 e. The van der Waals surface area contributed by atoms with Crippen LogP contribution in [0.15, 0.2) is 0 Å². The number of amides is 4. The number of unbranched alkanes of at least 4 members (excludes halogenated alkanes) is 1. The van der Waals surface area contributed by atoms with Crippen molar-refractivity contribution in [3.05, 3.63) is 0 Å². The molecule has 1 atom stereocenters. The lowest BCUT2D eigenvalue weighted by atomic mass is 9.79. The van der Waals surface area contributed by atoms with Gasteiger partial charge in [-0.2, -0.15) is 20.3 Å². The second kappa shape index (κ2) is 31.2. The van der Waals surface area contributed by atoms with Crippen LogP contribution in [0.1, 0.15) is 209 Å². The molecule has 4 rings (SSSR count). The topological polar surface area (TPSA) is 375 Å². The Morgan fingerprint density at radius 2 is 0.688 bits per heavy atom. The van der Waals surface area contributed by atoms with Gasteiger partial charge in [-0.15, -0.1) is 0 Å².